The molecule has 0 aliphatic carbocycles. The molecule has 0 amide bonds. The molecule has 0 bridgehead atoms. The Kier molecular flexibility index (Phi) is 6.34. The van der Waals surface area contributed by atoms with Crippen LogP contribution in [0.5, 0.6) is 0 Å². The number of hydrogen-bond acceptors (Lipinski definition) is 1. The summed E-state index contributed by atoms with van der Waals surface area (Å²) in [6.45, 7) is 19.2. The van der Waals surface area contributed by atoms with Crippen LogP contribution in [-0.2, 0) is 6.42 Å². The molecule has 1 aromatic carbocycles. The predicted molar refractivity (Wildman–Crippen MR) is 101 cm³/mol. The van der Waals surface area contributed by atoms with E-state index in [1.807, 2.05) is 6.20 Å². The molecule has 0 aromatic heterocycles. The van der Waals surface area contributed by atoms with Crippen molar-refractivity contribution < 1.29 is 0 Å². The zero-order chi connectivity index (χ0) is 16.9. The van der Waals surface area contributed by atoms with Crippen molar-refractivity contribution in [2.45, 2.75) is 61.3 Å². The van der Waals surface area contributed by atoms with E-state index >= 15 is 0 Å². The zero-order valence-corrected chi connectivity index (χ0v) is 15.4. The van der Waals surface area contributed by atoms with Crippen LogP contribution in [0.1, 0.15) is 71.6 Å². The summed E-state index contributed by atoms with van der Waals surface area (Å²) in [5.41, 5.74) is 7.51. The molecule has 0 fully saturated rings. The highest BCUT2D eigenvalue weighted by atomic mass is 14.7. The monoisotopic (exact) mass is 297 g/mol. The van der Waals surface area contributed by atoms with Crippen molar-refractivity contribution >= 4 is 11.3 Å². The van der Waals surface area contributed by atoms with E-state index in [1.54, 1.807) is 0 Å². The molecule has 0 radical (unpaired) electrons. The first kappa shape index (κ1) is 18.4. The van der Waals surface area contributed by atoms with Gasteiger partial charge in [-0.1, -0.05) is 44.6 Å². The second-order valence-corrected chi connectivity index (χ2v) is 7.68. The molecular formula is C21H31N. The van der Waals surface area contributed by atoms with E-state index in [0.29, 0.717) is 5.41 Å². The third-order valence-electron chi connectivity index (χ3n) is 3.58. The molecule has 0 aliphatic rings. The maximum atomic E-state index is 4.57. The molecule has 0 saturated carbocycles. The van der Waals surface area contributed by atoms with E-state index in [9.17, 15) is 0 Å². The van der Waals surface area contributed by atoms with Gasteiger partial charge < -0.3 is 0 Å². The Hall–Kier alpha value is -1.63. The molecule has 22 heavy (non-hydrogen) atoms. The first-order chi connectivity index (χ1) is 10.1. The molecule has 120 valence electrons. The van der Waals surface area contributed by atoms with Crippen molar-refractivity contribution in [3.05, 3.63) is 53.2 Å². The SMILES string of the molecule is C=C(C)c1cc(CCC(C)(C)C)cc(C(C)=NC=C(C)C)c1. The number of allylic oxidation sites excluding steroid dienone is 2. The normalized spacial score (nSPS) is 12.2. The number of hydrogen-bond donors (Lipinski definition) is 0. The Morgan fingerprint density at radius 2 is 1.64 bits per heavy atom. The molecule has 0 atom stereocenters. The number of aryl methyl sites for hydroxylation is 1. The quantitative estimate of drug-likeness (QED) is 0.555. The maximum absolute atomic E-state index is 4.57. The minimum atomic E-state index is 0.352. The van der Waals surface area contributed by atoms with Crippen molar-refractivity contribution in [2.24, 2.45) is 10.4 Å². The van der Waals surface area contributed by atoms with Crippen LogP contribution in [0.25, 0.3) is 5.57 Å². The highest BCUT2D eigenvalue weighted by Gasteiger charge is 2.11. The van der Waals surface area contributed by atoms with Crippen molar-refractivity contribution in [1.29, 1.82) is 0 Å². The van der Waals surface area contributed by atoms with Gasteiger partial charge in [-0.3, -0.25) is 4.99 Å². The molecule has 0 spiro atoms. The van der Waals surface area contributed by atoms with Crippen LogP contribution in [0.4, 0.5) is 0 Å². The molecule has 1 nitrogen and oxygen atoms in total. The molecule has 1 aromatic rings. The van der Waals surface area contributed by atoms with Crippen LogP contribution in [0.3, 0.4) is 0 Å². The van der Waals surface area contributed by atoms with Gasteiger partial charge in [0.2, 0.25) is 0 Å². The second kappa shape index (κ2) is 7.58. The molecule has 0 saturated heterocycles. The topological polar surface area (TPSA) is 12.4 Å². The van der Waals surface area contributed by atoms with Gasteiger partial charge in [0.1, 0.15) is 0 Å². The molecule has 0 N–H and O–H groups in total. The van der Waals surface area contributed by atoms with Gasteiger partial charge in [-0.2, -0.15) is 0 Å². The summed E-state index contributed by atoms with van der Waals surface area (Å²) in [5.74, 6) is 0. The van der Waals surface area contributed by atoms with Crippen molar-refractivity contribution in [3.8, 4) is 0 Å². The van der Waals surface area contributed by atoms with Gasteiger partial charge in [0.05, 0.1) is 0 Å². The van der Waals surface area contributed by atoms with Gasteiger partial charge in [-0.15, -0.1) is 0 Å². The first-order valence-electron chi connectivity index (χ1n) is 8.06. The lowest BCUT2D eigenvalue weighted by Crippen LogP contribution is -2.07. The third-order valence-corrected chi connectivity index (χ3v) is 3.58. The van der Waals surface area contributed by atoms with Crippen molar-refractivity contribution in [1.82, 2.24) is 0 Å². The van der Waals surface area contributed by atoms with Gasteiger partial charge in [0.25, 0.3) is 0 Å². The summed E-state index contributed by atoms with van der Waals surface area (Å²) in [5, 5.41) is 0. The van der Waals surface area contributed by atoms with E-state index in [4.69, 9.17) is 0 Å². The summed E-state index contributed by atoms with van der Waals surface area (Å²) < 4.78 is 0. The van der Waals surface area contributed by atoms with E-state index in [0.717, 1.165) is 17.7 Å². The fraction of sp³-hybridized carbons (Fsp3) is 0.476. The number of aliphatic imine (C=N–C) groups is 1. The fourth-order valence-electron chi connectivity index (χ4n) is 2.11. The number of nitrogens with zero attached hydrogens (tertiary/aromatic N) is 1. The first-order valence-corrected chi connectivity index (χ1v) is 8.06. The van der Waals surface area contributed by atoms with Gasteiger partial charge in [0, 0.05) is 11.9 Å². The summed E-state index contributed by atoms with van der Waals surface area (Å²) in [6, 6.07) is 6.74. The molecule has 1 rings (SSSR count). The number of rotatable bonds is 5. The van der Waals surface area contributed by atoms with Gasteiger partial charge in [-0.05, 0) is 74.8 Å². The zero-order valence-electron chi connectivity index (χ0n) is 15.4. The minimum absolute atomic E-state index is 0.352. The van der Waals surface area contributed by atoms with E-state index < -0.39 is 0 Å². The van der Waals surface area contributed by atoms with Gasteiger partial charge >= 0.3 is 0 Å². The van der Waals surface area contributed by atoms with Gasteiger partial charge in [-0.25, -0.2) is 0 Å². The van der Waals surface area contributed by atoms with Crippen LogP contribution in [-0.4, -0.2) is 5.71 Å². The van der Waals surface area contributed by atoms with Crippen LogP contribution < -0.4 is 0 Å². The Morgan fingerprint density at radius 1 is 1.05 bits per heavy atom. The molecular weight excluding hydrogens is 266 g/mol. The Balaban J connectivity index is 3.17. The highest BCUT2D eigenvalue weighted by Crippen LogP contribution is 2.24. The Bertz CT molecular complexity index is 591. The van der Waals surface area contributed by atoms with Crippen LogP contribution in [0.15, 0.2) is 41.5 Å². The molecule has 0 heterocycles. The lowest BCUT2D eigenvalue weighted by molar-refractivity contribution is 0.378. The van der Waals surface area contributed by atoms with Crippen LogP contribution in [0, 0.1) is 5.41 Å². The average Bonchev–Trinajstić information content (AvgIpc) is 2.41. The fourth-order valence-corrected chi connectivity index (χ4v) is 2.11. The standard InChI is InChI=1S/C21H31N/c1-15(2)14-22-17(5)20-12-18(9-10-21(6,7)8)11-19(13-20)16(3)4/h11-14H,3,9-10H2,1-2,4-8H3. The van der Waals surface area contributed by atoms with E-state index in [2.05, 4.69) is 78.2 Å². The molecule has 0 unspecified atom stereocenters. The highest BCUT2D eigenvalue weighted by molar-refractivity contribution is 5.99. The minimum Gasteiger partial charge on any atom is -0.261 e. The lowest BCUT2D eigenvalue weighted by Gasteiger charge is -2.18. The Labute approximate surface area is 136 Å². The van der Waals surface area contributed by atoms with E-state index in [1.165, 1.54) is 28.7 Å². The predicted octanol–water partition coefficient (Wildman–Crippen LogP) is 6.43. The lowest BCUT2D eigenvalue weighted by atomic mass is 9.87. The summed E-state index contributed by atoms with van der Waals surface area (Å²) in [7, 11) is 0. The summed E-state index contributed by atoms with van der Waals surface area (Å²) in [6.07, 6.45) is 4.20. The molecule has 0 aliphatic heterocycles. The van der Waals surface area contributed by atoms with Crippen LogP contribution in [0.2, 0.25) is 0 Å². The second-order valence-electron chi connectivity index (χ2n) is 7.68. The van der Waals surface area contributed by atoms with E-state index in [-0.39, 0.29) is 0 Å². The largest absolute Gasteiger partial charge is 0.261 e. The summed E-state index contributed by atoms with van der Waals surface area (Å²) in [4.78, 5) is 4.57. The van der Waals surface area contributed by atoms with Gasteiger partial charge in [0.15, 0.2) is 0 Å². The maximum Gasteiger partial charge on any atom is 0.0445 e. The summed E-state index contributed by atoms with van der Waals surface area (Å²) >= 11 is 0. The third kappa shape index (κ3) is 6.43. The van der Waals surface area contributed by atoms with Crippen LogP contribution >= 0.6 is 0 Å². The Morgan fingerprint density at radius 3 is 2.14 bits per heavy atom. The van der Waals surface area contributed by atoms with Crippen molar-refractivity contribution in [2.75, 3.05) is 0 Å². The number of benzene rings is 1. The van der Waals surface area contributed by atoms with Crippen molar-refractivity contribution in [3.63, 3.8) is 0 Å². The smallest absolute Gasteiger partial charge is 0.0445 e. The average molecular weight is 297 g/mol. The molecule has 1 heteroatoms.